The van der Waals surface area contributed by atoms with Crippen LogP contribution < -0.4 is 10.3 Å². The number of H-pyrrole nitrogens is 1. The Morgan fingerprint density at radius 1 is 1.12 bits per heavy atom. The lowest BCUT2D eigenvalue weighted by Crippen LogP contribution is -2.09. The SMILES string of the molecule is CCCCCOc1cc(-c2nc3ccccc3c(=O)[nH]2)ccc1C. The van der Waals surface area contributed by atoms with E-state index in [1.165, 1.54) is 6.42 Å². The summed E-state index contributed by atoms with van der Waals surface area (Å²) >= 11 is 0. The van der Waals surface area contributed by atoms with Gasteiger partial charge in [0, 0.05) is 5.56 Å². The van der Waals surface area contributed by atoms with Gasteiger partial charge in [-0.3, -0.25) is 4.79 Å². The van der Waals surface area contributed by atoms with E-state index in [2.05, 4.69) is 16.9 Å². The topological polar surface area (TPSA) is 55.0 Å². The van der Waals surface area contributed by atoms with Gasteiger partial charge in [-0.25, -0.2) is 4.98 Å². The van der Waals surface area contributed by atoms with Crippen LogP contribution in [-0.2, 0) is 0 Å². The predicted molar refractivity (Wildman–Crippen MR) is 97.6 cm³/mol. The van der Waals surface area contributed by atoms with Crippen LogP contribution in [0.15, 0.2) is 47.3 Å². The molecule has 0 amide bonds. The maximum atomic E-state index is 12.2. The van der Waals surface area contributed by atoms with Crippen molar-refractivity contribution in [2.45, 2.75) is 33.1 Å². The Hall–Kier alpha value is -2.62. The van der Waals surface area contributed by atoms with Crippen molar-refractivity contribution in [2.24, 2.45) is 0 Å². The van der Waals surface area contributed by atoms with E-state index in [0.717, 1.165) is 29.7 Å². The molecule has 1 aromatic heterocycles. The summed E-state index contributed by atoms with van der Waals surface area (Å²) in [6, 6.07) is 13.3. The number of aromatic amines is 1. The third-order valence-corrected chi connectivity index (χ3v) is 4.08. The molecule has 3 aromatic rings. The summed E-state index contributed by atoms with van der Waals surface area (Å²) in [6.45, 7) is 4.91. The summed E-state index contributed by atoms with van der Waals surface area (Å²) in [5.41, 5.74) is 2.51. The Labute approximate surface area is 141 Å². The van der Waals surface area contributed by atoms with E-state index in [9.17, 15) is 4.79 Å². The van der Waals surface area contributed by atoms with Crippen molar-refractivity contribution in [2.75, 3.05) is 6.61 Å². The number of aryl methyl sites for hydroxylation is 1. The number of benzene rings is 2. The summed E-state index contributed by atoms with van der Waals surface area (Å²) < 4.78 is 5.90. The van der Waals surface area contributed by atoms with Gasteiger partial charge in [-0.1, -0.05) is 44.0 Å². The van der Waals surface area contributed by atoms with Crippen molar-refractivity contribution < 1.29 is 4.74 Å². The maximum Gasteiger partial charge on any atom is 0.259 e. The van der Waals surface area contributed by atoms with Crippen molar-refractivity contribution in [3.63, 3.8) is 0 Å². The lowest BCUT2D eigenvalue weighted by molar-refractivity contribution is 0.304. The van der Waals surface area contributed by atoms with Crippen LogP contribution in [0, 0.1) is 6.92 Å². The number of aromatic nitrogens is 2. The van der Waals surface area contributed by atoms with E-state index >= 15 is 0 Å². The van der Waals surface area contributed by atoms with Crippen LogP contribution in [0.25, 0.3) is 22.3 Å². The molecule has 0 spiro atoms. The van der Waals surface area contributed by atoms with Crippen molar-refractivity contribution in [3.05, 3.63) is 58.4 Å². The molecular formula is C20H22N2O2. The number of nitrogens with one attached hydrogen (secondary N) is 1. The number of unbranched alkanes of at least 4 members (excludes halogenated alkanes) is 2. The highest BCUT2D eigenvalue weighted by Crippen LogP contribution is 2.25. The van der Waals surface area contributed by atoms with Gasteiger partial charge >= 0.3 is 0 Å². The first-order chi connectivity index (χ1) is 11.7. The molecular weight excluding hydrogens is 300 g/mol. The summed E-state index contributed by atoms with van der Waals surface area (Å²) in [7, 11) is 0. The fourth-order valence-corrected chi connectivity index (χ4v) is 2.66. The summed E-state index contributed by atoms with van der Waals surface area (Å²) in [5, 5.41) is 0.601. The van der Waals surface area contributed by atoms with Gasteiger partial charge < -0.3 is 9.72 Å². The van der Waals surface area contributed by atoms with Gasteiger partial charge in [0.15, 0.2) is 0 Å². The monoisotopic (exact) mass is 322 g/mol. The molecule has 0 aliphatic carbocycles. The van der Waals surface area contributed by atoms with Crippen molar-refractivity contribution >= 4 is 10.9 Å². The summed E-state index contributed by atoms with van der Waals surface area (Å²) in [6.07, 6.45) is 3.38. The standard InChI is InChI=1S/C20H22N2O2/c1-3-4-7-12-24-18-13-15(11-10-14(18)2)19-21-17-9-6-5-8-16(17)20(23)22-19/h5-6,8-11,13H,3-4,7,12H2,1-2H3,(H,21,22,23). The molecule has 0 saturated carbocycles. The minimum atomic E-state index is -0.124. The summed E-state index contributed by atoms with van der Waals surface area (Å²) in [4.78, 5) is 19.7. The third-order valence-electron chi connectivity index (χ3n) is 4.08. The van der Waals surface area contributed by atoms with Crippen molar-refractivity contribution in [1.82, 2.24) is 9.97 Å². The highest BCUT2D eigenvalue weighted by atomic mass is 16.5. The smallest absolute Gasteiger partial charge is 0.259 e. The predicted octanol–water partition coefficient (Wildman–Crippen LogP) is 4.47. The number of fused-ring (bicyclic) bond motifs is 1. The van der Waals surface area contributed by atoms with Crippen LogP contribution >= 0.6 is 0 Å². The van der Waals surface area contributed by atoms with Gasteiger partial charge in [-0.15, -0.1) is 0 Å². The van der Waals surface area contributed by atoms with E-state index in [4.69, 9.17) is 4.74 Å². The molecule has 0 aliphatic rings. The van der Waals surface area contributed by atoms with E-state index in [1.54, 1.807) is 6.07 Å². The zero-order chi connectivity index (χ0) is 16.9. The molecule has 24 heavy (non-hydrogen) atoms. The van der Waals surface area contributed by atoms with Crippen LogP contribution in [0.1, 0.15) is 31.7 Å². The Kier molecular flexibility index (Phi) is 4.94. The first kappa shape index (κ1) is 16.2. The van der Waals surface area contributed by atoms with Gasteiger partial charge in [0.25, 0.3) is 5.56 Å². The van der Waals surface area contributed by atoms with Gasteiger partial charge in [0.1, 0.15) is 11.6 Å². The fourth-order valence-electron chi connectivity index (χ4n) is 2.66. The average molecular weight is 322 g/mol. The van der Waals surface area contributed by atoms with E-state index in [1.807, 2.05) is 43.3 Å². The zero-order valence-electron chi connectivity index (χ0n) is 14.1. The molecule has 0 atom stereocenters. The molecule has 124 valence electrons. The normalized spacial score (nSPS) is 10.9. The first-order valence-electron chi connectivity index (χ1n) is 8.42. The molecule has 0 bridgehead atoms. The first-order valence-corrected chi connectivity index (χ1v) is 8.42. The van der Waals surface area contributed by atoms with Gasteiger partial charge in [0.2, 0.25) is 0 Å². The molecule has 0 saturated heterocycles. The molecule has 1 heterocycles. The lowest BCUT2D eigenvalue weighted by Gasteiger charge is -2.11. The minimum absolute atomic E-state index is 0.124. The minimum Gasteiger partial charge on any atom is -0.493 e. The van der Waals surface area contributed by atoms with E-state index in [0.29, 0.717) is 23.3 Å². The Bertz CT molecular complexity index is 900. The second-order valence-electron chi connectivity index (χ2n) is 5.97. The Morgan fingerprint density at radius 3 is 2.79 bits per heavy atom. The highest BCUT2D eigenvalue weighted by Gasteiger charge is 2.08. The highest BCUT2D eigenvalue weighted by molar-refractivity contribution is 5.79. The maximum absolute atomic E-state index is 12.2. The molecule has 0 unspecified atom stereocenters. The fraction of sp³-hybridized carbons (Fsp3) is 0.300. The number of hydrogen-bond acceptors (Lipinski definition) is 3. The number of hydrogen-bond donors (Lipinski definition) is 1. The Balaban J connectivity index is 1.93. The zero-order valence-corrected chi connectivity index (χ0v) is 14.1. The van der Waals surface area contributed by atoms with Crippen LogP contribution in [0.3, 0.4) is 0 Å². The quantitative estimate of drug-likeness (QED) is 0.681. The second kappa shape index (κ2) is 7.30. The third kappa shape index (κ3) is 3.48. The van der Waals surface area contributed by atoms with Crippen LogP contribution in [0.2, 0.25) is 0 Å². The Morgan fingerprint density at radius 2 is 1.96 bits per heavy atom. The number of ether oxygens (including phenoxy) is 1. The molecule has 4 heteroatoms. The van der Waals surface area contributed by atoms with E-state index < -0.39 is 0 Å². The number of para-hydroxylation sites is 1. The largest absolute Gasteiger partial charge is 0.493 e. The molecule has 3 rings (SSSR count). The van der Waals surface area contributed by atoms with Crippen LogP contribution in [0.4, 0.5) is 0 Å². The van der Waals surface area contributed by atoms with Gasteiger partial charge in [-0.05, 0) is 37.1 Å². The van der Waals surface area contributed by atoms with Crippen molar-refractivity contribution in [1.29, 1.82) is 0 Å². The van der Waals surface area contributed by atoms with E-state index in [-0.39, 0.29) is 5.56 Å². The summed E-state index contributed by atoms with van der Waals surface area (Å²) in [5.74, 6) is 1.41. The molecule has 4 nitrogen and oxygen atoms in total. The second-order valence-corrected chi connectivity index (χ2v) is 5.97. The molecule has 0 aliphatic heterocycles. The number of rotatable bonds is 6. The van der Waals surface area contributed by atoms with Crippen LogP contribution in [0.5, 0.6) is 5.75 Å². The van der Waals surface area contributed by atoms with Gasteiger partial charge in [0.05, 0.1) is 17.5 Å². The average Bonchev–Trinajstić information content (AvgIpc) is 2.60. The number of nitrogens with zero attached hydrogens (tertiary/aromatic N) is 1. The van der Waals surface area contributed by atoms with Crippen molar-refractivity contribution in [3.8, 4) is 17.1 Å². The van der Waals surface area contributed by atoms with Crippen LogP contribution in [-0.4, -0.2) is 16.6 Å². The molecule has 1 N–H and O–H groups in total. The lowest BCUT2D eigenvalue weighted by atomic mass is 10.1. The molecule has 0 fully saturated rings. The van der Waals surface area contributed by atoms with Gasteiger partial charge in [-0.2, -0.15) is 0 Å². The molecule has 2 aromatic carbocycles. The molecule has 0 radical (unpaired) electrons.